The number of thiocarbonyl (C=S) groups is 1. The van der Waals surface area contributed by atoms with Crippen LogP contribution < -0.4 is 9.47 Å². The van der Waals surface area contributed by atoms with Crippen LogP contribution in [0.1, 0.15) is 12.5 Å². The molecule has 0 bridgehead atoms. The molecule has 1 aromatic rings. The number of carboxylic acids is 1. The molecular formula is C15H15NO5S2. The van der Waals surface area contributed by atoms with Gasteiger partial charge in [-0.05, 0) is 30.7 Å². The summed E-state index contributed by atoms with van der Waals surface area (Å²) in [6.45, 7) is 1.92. The van der Waals surface area contributed by atoms with E-state index in [-0.39, 0.29) is 4.32 Å². The van der Waals surface area contributed by atoms with Crippen molar-refractivity contribution in [3.8, 4) is 11.5 Å². The molecule has 1 aliphatic rings. The summed E-state index contributed by atoms with van der Waals surface area (Å²) in [5, 5.41) is 8.83. The summed E-state index contributed by atoms with van der Waals surface area (Å²) in [6.07, 6.45) is 1.66. The highest BCUT2D eigenvalue weighted by Gasteiger charge is 2.33. The van der Waals surface area contributed by atoms with Crippen LogP contribution in [-0.4, -0.2) is 46.5 Å². The number of carbonyl (C=O) groups is 2. The first-order valence-corrected chi connectivity index (χ1v) is 7.96. The van der Waals surface area contributed by atoms with E-state index in [0.29, 0.717) is 23.0 Å². The Morgan fingerprint density at radius 2 is 2.17 bits per heavy atom. The molecule has 1 aliphatic heterocycles. The molecule has 0 radical (unpaired) electrons. The van der Waals surface area contributed by atoms with Gasteiger partial charge in [-0.1, -0.05) is 30.0 Å². The second kappa shape index (κ2) is 7.47. The summed E-state index contributed by atoms with van der Waals surface area (Å²) in [6, 6.07) is 5.28. The van der Waals surface area contributed by atoms with Crippen LogP contribution in [0.25, 0.3) is 6.08 Å². The third-order valence-electron chi connectivity index (χ3n) is 2.95. The lowest BCUT2D eigenvalue weighted by molar-refractivity contribution is -0.140. The van der Waals surface area contributed by atoms with Gasteiger partial charge in [0.1, 0.15) is 10.9 Å². The second-order valence-electron chi connectivity index (χ2n) is 4.50. The Hall–Kier alpha value is -2.06. The Bertz CT molecular complexity index is 686. The van der Waals surface area contributed by atoms with Crippen molar-refractivity contribution in [1.82, 2.24) is 4.90 Å². The lowest BCUT2D eigenvalue weighted by atomic mass is 10.2. The van der Waals surface area contributed by atoms with Gasteiger partial charge < -0.3 is 14.6 Å². The van der Waals surface area contributed by atoms with Crippen molar-refractivity contribution >= 4 is 46.3 Å². The topological polar surface area (TPSA) is 76.1 Å². The number of aliphatic carboxylic acids is 1. The highest BCUT2D eigenvalue weighted by molar-refractivity contribution is 8.26. The van der Waals surface area contributed by atoms with Gasteiger partial charge in [0, 0.05) is 0 Å². The molecule has 6 nitrogen and oxygen atoms in total. The first-order chi connectivity index (χ1) is 11.0. The van der Waals surface area contributed by atoms with Crippen molar-refractivity contribution in [1.29, 1.82) is 0 Å². The van der Waals surface area contributed by atoms with E-state index < -0.39 is 18.4 Å². The number of rotatable bonds is 6. The van der Waals surface area contributed by atoms with Gasteiger partial charge in [-0.25, -0.2) is 0 Å². The number of hydrogen-bond donors (Lipinski definition) is 1. The van der Waals surface area contributed by atoms with E-state index in [0.717, 1.165) is 22.2 Å². The molecule has 0 saturated carbocycles. The van der Waals surface area contributed by atoms with Gasteiger partial charge in [0.25, 0.3) is 5.91 Å². The van der Waals surface area contributed by atoms with Gasteiger partial charge in [0.05, 0.1) is 18.6 Å². The number of hydrogen-bond acceptors (Lipinski definition) is 6. The lowest BCUT2D eigenvalue weighted by Gasteiger charge is -2.10. The van der Waals surface area contributed by atoms with Crippen molar-refractivity contribution in [2.24, 2.45) is 0 Å². The van der Waals surface area contributed by atoms with Crippen molar-refractivity contribution in [2.45, 2.75) is 6.92 Å². The molecule has 1 fully saturated rings. The molecule has 0 aromatic heterocycles. The van der Waals surface area contributed by atoms with Crippen LogP contribution >= 0.6 is 24.0 Å². The molecule has 122 valence electrons. The Morgan fingerprint density at radius 1 is 1.43 bits per heavy atom. The lowest BCUT2D eigenvalue weighted by Crippen LogP contribution is -2.33. The fourth-order valence-electron chi connectivity index (χ4n) is 1.97. The second-order valence-corrected chi connectivity index (χ2v) is 6.18. The van der Waals surface area contributed by atoms with E-state index in [1.807, 2.05) is 6.92 Å². The van der Waals surface area contributed by atoms with Crippen LogP contribution in [0.15, 0.2) is 23.1 Å². The molecule has 1 saturated heterocycles. The van der Waals surface area contributed by atoms with Crippen molar-refractivity contribution in [3.05, 3.63) is 28.7 Å². The average Bonchev–Trinajstić information content (AvgIpc) is 2.75. The third-order valence-corrected chi connectivity index (χ3v) is 4.33. The third kappa shape index (κ3) is 4.02. The highest BCUT2D eigenvalue weighted by atomic mass is 32.2. The van der Waals surface area contributed by atoms with Crippen molar-refractivity contribution < 1.29 is 24.2 Å². The minimum Gasteiger partial charge on any atom is -0.493 e. The van der Waals surface area contributed by atoms with Crippen LogP contribution in [0.5, 0.6) is 11.5 Å². The van der Waals surface area contributed by atoms with Gasteiger partial charge in [-0.15, -0.1) is 0 Å². The number of carbonyl (C=O) groups excluding carboxylic acids is 1. The van der Waals surface area contributed by atoms with Crippen molar-refractivity contribution in [2.75, 3.05) is 20.3 Å². The van der Waals surface area contributed by atoms with E-state index in [1.165, 1.54) is 0 Å². The van der Waals surface area contributed by atoms with Crippen LogP contribution in [0, 0.1) is 0 Å². The molecular weight excluding hydrogens is 338 g/mol. The first-order valence-electron chi connectivity index (χ1n) is 6.74. The zero-order valence-electron chi connectivity index (χ0n) is 12.6. The monoisotopic (exact) mass is 353 g/mol. The van der Waals surface area contributed by atoms with Gasteiger partial charge in [0.15, 0.2) is 11.5 Å². The predicted molar refractivity (Wildman–Crippen MR) is 91.7 cm³/mol. The summed E-state index contributed by atoms with van der Waals surface area (Å²) in [5.74, 6) is -0.339. The summed E-state index contributed by atoms with van der Waals surface area (Å²) >= 11 is 6.14. The molecule has 2 rings (SSSR count). The number of thioether (sulfide) groups is 1. The van der Waals surface area contributed by atoms with Gasteiger partial charge in [0.2, 0.25) is 0 Å². The molecule has 1 amide bonds. The fraction of sp³-hybridized carbons (Fsp3) is 0.267. The van der Waals surface area contributed by atoms with Crippen LogP contribution in [0.2, 0.25) is 0 Å². The molecule has 1 N–H and O–H groups in total. The summed E-state index contributed by atoms with van der Waals surface area (Å²) in [7, 11) is 1.55. The molecule has 0 aliphatic carbocycles. The zero-order chi connectivity index (χ0) is 17.0. The van der Waals surface area contributed by atoms with E-state index in [2.05, 4.69) is 0 Å². The summed E-state index contributed by atoms with van der Waals surface area (Å²) < 4.78 is 10.9. The molecule has 0 atom stereocenters. The SMILES string of the molecule is CCOc1cc(C=C2SC(=S)N(CC(=O)O)C2=O)ccc1OC. The molecule has 8 heteroatoms. The minimum absolute atomic E-state index is 0.238. The van der Waals surface area contributed by atoms with E-state index in [9.17, 15) is 9.59 Å². The van der Waals surface area contributed by atoms with Crippen LogP contribution in [0.4, 0.5) is 0 Å². The van der Waals surface area contributed by atoms with Gasteiger partial charge >= 0.3 is 5.97 Å². The van der Waals surface area contributed by atoms with E-state index in [1.54, 1.807) is 31.4 Å². The van der Waals surface area contributed by atoms with Gasteiger partial charge in [-0.3, -0.25) is 14.5 Å². The maximum absolute atomic E-state index is 12.2. The largest absolute Gasteiger partial charge is 0.493 e. The quantitative estimate of drug-likeness (QED) is 0.621. The Labute approximate surface area is 143 Å². The number of carboxylic acid groups (broad SMARTS) is 1. The van der Waals surface area contributed by atoms with Crippen molar-refractivity contribution in [3.63, 3.8) is 0 Å². The number of nitrogens with zero attached hydrogens (tertiary/aromatic N) is 1. The Balaban J connectivity index is 2.28. The number of benzene rings is 1. The Morgan fingerprint density at radius 3 is 2.78 bits per heavy atom. The summed E-state index contributed by atoms with van der Waals surface area (Å²) in [4.78, 5) is 24.5. The van der Waals surface area contributed by atoms with E-state index >= 15 is 0 Å². The smallest absolute Gasteiger partial charge is 0.323 e. The number of methoxy groups -OCH3 is 1. The summed E-state index contributed by atoms with van der Waals surface area (Å²) in [5.41, 5.74) is 0.741. The van der Waals surface area contributed by atoms with Crippen LogP contribution in [-0.2, 0) is 9.59 Å². The standard InChI is InChI=1S/C15H15NO5S2/c1-3-21-11-6-9(4-5-10(11)20-2)7-12-14(19)16(8-13(17)18)15(22)23-12/h4-7H,3,8H2,1-2H3,(H,17,18). The molecule has 1 heterocycles. The molecule has 0 unspecified atom stereocenters. The highest BCUT2D eigenvalue weighted by Crippen LogP contribution is 2.34. The fourth-order valence-corrected chi connectivity index (χ4v) is 3.23. The number of amides is 1. The van der Waals surface area contributed by atoms with Gasteiger partial charge in [-0.2, -0.15) is 0 Å². The minimum atomic E-state index is -1.11. The first kappa shape index (κ1) is 17.3. The number of ether oxygens (including phenoxy) is 2. The molecule has 23 heavy (non-hydrogen) atoms. The molecule has 0 spiro atoms. The average molecular weight is 353 g/mol. The normalized spacial score (nSPS) is 16.1. The predicted octanol–water partition coefficient (Wildman–Crippen LogP) is 2.38. The maximum atomic E-state index is 12.2. The Kier molecular flexibility index (Phi) is 5.62. The zero-order valence-corrected chi connectivity index (χ0v) is 14.2. The van der Waals surface area contributed by atoms with E-state index in [4.69, 9.17) is 26.8 Å². The van der Waals surface area contributed by atoms with Crippen LogP contribution in [0.3, 0.4) is 0 Å². The molecule has 1 aromatic carbocycles. The maximum Gasteiger partial charge on any atom is 0.323 e.